The molecule has 1 atom stereocenters. The summed E-state index contributed by atoms with van der Waals surface area (Å²) in [5.74, 6) is 0.192. The van der Waals surface area contributed by atoms with Gasteiger partial charge in [-0.05, 0) is 24.3 Å². The predicted octanol–water partition coefficient (Wildman–Crippen LogP) is 3.77. The predicted molar refractivity (Wildman–Crippen MR) is 77.0 cm³/mol. The molecule has 0 aromatic heterocycles. The minimum Gasteiger partial charge on any atom is -0.504 e. The fraction of sp³-hybridized carbons (Fsp3) is 0. The summed E-state index contributed by atoms with van der Waals surface area (Å²) in [6, 6.07) is 11.4. The van der Waals surface area contributed by atoms with E-state index in [1.807, 2.05) is 6.07 Å². The number of halogens is 2. The van der Waals surface area contributed by atoms with Crippen LogP contribution in [0.15, 0.2) is 42.5 Å². The molecule has 7 heteroatoms. The number of hydrogen-bond donors (Lipinski definition) is 2. The molecule has 100 valence electrons. The summed E-state index contributed by atoms with van der Waals surface area (Å²) in [6.45, 7) is 0. The summed E-state index contributed by atoms with van der Waals surface area (Å²) in [4.78, 5) is 0. The Balaban J connectivity index is 2.11. The first-order valence-corrected chi connectivity index (χ1v) is 6.99. The topological polar surface area (TPSA) is 58.6 Å². The number of phenols is 1. The van der Waals surface area contributed by atoms with E-state index in [9.17, 15) is 9.32 Å². The number of nitrogens with one attached hydrogen (secondary N) is 1. The standard InChI is InChI=1S/C12H9Cl2NO3S/c13-8-6-10(14)12(16)11(7-8)15-19(17)18-9-4-2-1-3-5-9/h1-7,15-16H. The Morgan fingerprint density at radius 1 is 1.16 bits per heavy atom. The van der Waals surface area contributed by atoms with Crippen molar-refractivity contribution in [2.24, 2.45) is 0 Å². The number of aromatic hydroxyl groups is 1. The van der Waals surface area contributed by atoms with Gasteiger partial charge in [-0.1, -0.05) is 41.4 Å². The van der Waals surface area contributed by atoms with Crippen molar-refractivity contribution in [1.29, 1.82) is 0 Å². The number of anilines is 1. The molecule has 0 aliphatic rings. The Morgan fingerprint density at radius 3 is 2.53 bits per heavy atom. The molecular weight excluding hydrogens is 309 g/mol. The van der Waals surface area contributed by atoms with Crippen LogP contribution in [0.4, 0.5) is 5.69 Å². The highest BCUT2D eigenvalue weighted by atomic mass is 35.5. The lowest BCUT2D eigenvalue weighted by molar-refractivity contribution is 0.478. The van der Waals surface area contributed by atoms with Gasteiger partial charge in [0.25, 0.3) is 0 Å². The minimum atomic E-state index is -1.88. The monoisotopic (exact) mass is 317 g/mol. The maximum absolute atomic E-state index is 11.7. The van der Waals surface area contributed by atoms with Gasteiger partial charge in [-0.3, -0.25) is 4.72 Å². The third-order valence-corrected chi connectivity index (χ3v) is 3.37. The van der Waals surface area contributed by atoms with E-state index in [-0.39, 0.29) is 16.5 Å². The van der Waals surface area contributed by atoms with Crippen molar-refractivity contribution >= 4 is 40.2 Å². The van der Waals surface area contributed by atoms with Crippen LogP contribution in [-0.4, -0.2) is 9.32 Å². The summed E-state index contributed by atoms with van der Waals surface area (Å²) >= 11 is 9.66. The molecule has 2 rings (SSSR count). The molecule has 0 spiro atoms. The van der Waals surface area contributed by atoms with E-state index in [1.165, 1.54) is 12.1 Å². The number of rotatable bonds is 4. The van der Waals surface area contributed by atoms with Crippen molar-refractivity contribution in [3.05, 3.63) is 52.5 Å². The lowest BCUT2D eigenvalue weighted by atomic mass is 10.3. The van der Waals surface area contributed by atoms with Crippen LogP contribution in [0.1, 0.15) is 0 Å². The maximum Gasteiger partial charge on any atom is 0.316 e. The highest BCUT2D eigenvalue weighted by Gasteiger charge is 2.11. The van der Waals surface area contributed by atoms with Gasteiger partial charge in [0.05, 0.1) is 10.7 Å². The molecule has 2 N–H and O–H groups in total. The van der Waals surface area contributed by atoms with Crippen molar-refractivity contribution in [2.45, 2.75) is 0 Å². The zero-order valence-corrected chi connectivity index (χ0v) is 11.8. The lowest BCUT2D eigenvalue weighted by Gasteiger charge is -2.09. The third kappa shape index (κ3) is 3.76. The van der Waals surface area contributed by atoms with Gasteiger partial charge in [0, 0.05) is 5.02 Å². The van der Waals surface area contributed by atoms with E-state index >= 15 is 0 Å². The molecule has 0 aliphatic heterocycles. The summed E-state index contributed by atoms with van der Waals surface area (Å²) in [5, 5.41) is 10.1. The van der Waals surface area contributed by atoms with Crippen molar-refractivity contribution in [3.63, 3.8) is 0 Å². The molecule has 0 aliphatic carbocycles. The van der Waals surface area contributed by atoms with Crippen molar-refractivity contribution in [1.82, 2.24) is 0 Å². The molecule has 2 aromatic carbocycles. The third-order valence-electron chi connectivity index (χ3n) is 2.14. The SMILES string of the molecule is O=S(Nc1cc(Cl)cc(Cl)c1O)Oc1ccccc1. The van der Waals surface area contributed by atoms with Crippen molar-refractivity contribution in [2.75, 3.05) is 4.72 Å². The first-order valence-electron chi connectivity index (χ1n) is 5.16. The van der Waals surface area contributed by atoms with Gasteiger partial charge in [-0.15, -0.1) is 0 Å². The maximum atomic E-state index is 11.7. The van der Waals surface area contributed by atoms with Gasteiger partial charge >= 0.3 is 11.3 Å². The second-order valence-electron chi connectivity index (χ2n) is 3.52. The number of para-hydroxylation sites is 1. The van der Waals surface area contributed by atoms with Crippen LogP contribution in [0.25, 0.3) is 0 Å². The van der Waals surface area contributed by atoms with Gasteiger partial charge in [-0.25, -0.2) is 0 Å². The zero-order chi connectivity index (χ0) is 13.8. The van der Waals surface area contributed by atoms with E-state index in [4.69, 9.17) is 27.4 Å². The molecule has 0 fully saturated rings. The molecule has 0 bridgehead atoms. The Kier molecular flexibility index (Phi) is 4.52. The molecular formula is C12H9Cl2NO3S. The minimum absolute atomic E-state index is 0.0618. The lowest BCUT2D eigenvalue weighted by Crippen LogP contribution is -2.11. The van der Waals surface area contributed by atoms with Gasteiger partial charge in [0.2, 0.25) is 0 Å². The number of phenolic OH excluding ortho intramolecular Hbond substituents is 1. The van der Waals surface area contributed by atoms with Crippen LogP contribution in [0.5, 0.6) is 11.5 Å². The van der Waals surface area contributed by atoms with Gasteiger partial charge < -0.3 is 9.29 Å². The van der Waals surface area contributed by atoms with E-state index < -0.39 is 11.3 Å². The summed E-state index contributed by atoms with van der Waals surface area (Å²) < 4.78 is 19.3. The fourth-order valence-electron chi connectivity index (χ4n) is 1.32. The van der Waals surface area contributed by atoms with Crippen LogP contribution in [0.2, 0.25) is 10.0 Å². The van der Waals surface area contributed by atoms with E-state index in [1.54, 1.807) is 24.3 Å². The van der Waals surface area contributed by atoms with Crippen LogP contribution in [0.3, 0.4) is 0 Å². The van der Waals surface area contributed by atoms with Gasteiger partial charge in [0.1, 0.15) is 5.75 Å². The Morgan fingerprint density at radius 2 is 1.84 bits per heavy atom. The van der Waals surface area contributed by atoms with E-state index in [0.717, 1.165) is 0 Å². The molecule has 19 heavy (non-hydrogen) atoms. The van der Waals surface area contributed by atoms with Gasteiger partial charge in [-0.2, -0.15) is 4.21 Å². The molecule has 4 nitrogen and oxygen atoms in total. The molecule has 0 saturated heterocycles. The normalized spacial score (nSPS) is 11.9. The highest BCUT2D eigenvalue weighted by Crippen LogP contribution is 2.35. The molecule has 2 aromatic rings. The fourth-order valence-corrected chi connectivity index (χ4v) is 2.47. The first-order chi connectivity index (χ1) is 9.06. The average Bonchev–Trinajstić information content (AvgIpc) is 2.36. The van der Waals surface area contributed by atoms with Crippen molar-refractivity contribution < 1.29 is 13.5 Å². The van der Waals surface area contributed by atoms with Gasteiger partial charge in [0.15, 0.2) is 5.75 Å². The number of benzene rings is 2. The Hall–Kier alpha value is -1.43. The van der Waals surface area contributed by atoms with E-state index in [2.05, 4.69) is 4.72 Å². The zero-order valence-electron chi connectivity index (χ0n) is 9.47. The molecule has 1 unspecified atom stereocenters. The molecule has 0 heterocycles. The Bertz CT molecular complexity index is 607. The van der Waals surface area contributed by atoms with E-state index in [0.29, 0.717) is 10.8 Å². The Labute approximate surface area is 122 Å². The average molecular weight is 318 g/mol. The quantitative estimate of drug-likeness (QED) is 0.844. The van der Waals surface area contributed by atoms with Crippen LogP contribution in [0, 0.1) is 0 Å². The summed E-state index contributed by atoms with van der Waals surface area (Å²) in [6.07, 6.45) is 0. The number of hydrogen-bond acceptors (Lipinski definition) is 3. The van der Waals surface area contributed by atoms with Crippen LogP contribution >= 0.6 is 23.2 Å². The van der Waals surface area contributed by atoms with Crippen LogP contribution < -0.4 is 8.91 Å². The molecule has 0 saturated carbocycles. The summed E-state index contributed by atoms with van der Waals surface area (Å²) in [7, 11) is 0. The van der Waals surface area contributed by atoms with Crippen LogP contribution in [-0.2, 0) is 11.3 Å². The molecule has 0 amide bonds. The highest BCUT2D eigenvalue weighted by molar-refractivity contribution is 7.82. The second kappa shape index (κ2) is 6.14. The summed E-state index contributed by atoms with van der Waals surface area (Å²) in [5.41, 5.74) is 0.131. The molecule has 0 radical (unpaired) electrons. The largest absolute Gasteiger partial charge is 0.504 e. The second-order valence-corrected chi connectivity index (χ2v) is 5.20. The first kappa shape index (κ1) is 14.0. The smallest absolute Gasteiger partial charge is 0.316 e. The van der Waals surface area contributed by atoms with Crippen molar-refractivity contribution in [3.8, 4) is 11.5 Å².